The number of phosphoric ester groups is 1. The summed E-state index contributed by atoms with van der Waals surface area (Å²) in [6, 6.07) is 6.64. The summed E-state index contributed by atoms with van der Waals surface area (Å²) < 4.78 is 22.6. The minimum atomic E-state index is -4.68. The summed E-state index contributed by atoms with van der Waals surface area (Å²) in [6.45, 7) is -0.464. The number of aromatic nitrogens is 4. The molecule has 30 heavy (non-hydrogen) atoms. The number of hydrogen-bond donors (Lipinski definition) is 4. The molecular formula is C17H18N5O7P. The highest BCUT2D eigenvalue weighted by atomic mass is 31.2. The highest BCUT2D eigenvalue weighted by Gasteiger charge is 2.37. The average molecular weight is 435 g/mol. The van der Waals surface area contributed by atoms with Gasteiger partial charge in [-0.25, -0.2) is 19.5 Å². The van der Waals surface area contributed by atoms with Gasteiger partial charge in [-0.1, -0.05) is 12.1 Å². The SMILES string of the molecule is NC(=O)c1cccc(-c2ncnc3c2ncn3[C@H]2C[C@H](O)[C@@H](COP(=O)(O)O)O2)c1. The maximum Gasteiger partial charge on any atom is 0.469 e. The molecule has 13 heteroatoms. The second-order valence-corrected chi connectivity index (χ2v) is 7.95. The van der Waals surface area contributed by atoms with Crippen LogP contribution in [0.5, 0.6) is 0 Å². The lowest BCUT2D eigenvalue weighted by atomic mass is 10.1. The summed E-state index contributed by atoms with van der Waals surface area (Å²) in [6.07, 6.45) is 0.380. The molecule has 0 unspecified atom stereocenters. The average Bonchev–Trinajstić information content (AvgIpc) is 3.29. The molecule has 12 nitrogen and oxygen atoms in total. The van der Waals surface area contributed by atoms with Gasteiger partial charge in [-0.05, 0) is 12.1 Å². The third kappa shape index (κ3) is 4.10. The fraction of sp³-hybridized carbons (Fsp3) is 0.294. The molecule has 0 spiro atoms. The highest BCUT2D eigenvalue weighted by molar-refractivity contribution is 7.46. The number of fused-ring (bicyclic) bond motifs is 1. The lowest BCUT2D eigenvalue weighted by molar-refractivity contribution is -0.0424. The molecule has 158 valence electrons. The Balaban J connectivity index is 1.64. The monoisotopic (exact) mass is 435 g/mol. The highest BCUT2D eigenvalue weighted by Crippen LogP contribution is 2.39. The molecule has 5 N–H and O–H groups in total. The van der Waals surface area contributed by atoms with Crippen LogP contribution in [0.15, 0.2) is 36.9 Å². The van der Waals surface area contributed by atoms with Crippen LogP contribution in [-0.4, -0.2) is 59.1 Å². The van der Waals surface area contributed by atoms with Gasteiger partial charge in [0.1, 0.15) is 29.9 Å². The van der Waals surface area contributed by atoms with Gasteiger partial charge in [-0.2, -0.15) is 0 Å². The van der Waals surface area contributed by atoms with E-state index in [2.05, 4.69) is 19.5 Å². The van der Waals surface area contributed by atoms with Crippen LogP contribution >= 0.6 is 7.82 Å². The number of phosphoric acid groups is 1. The molecule has 1 fully saturated rings. The standard InChI is InChI=1S/C17H18N5O7P/c18-16(24)10-3-1-2-9(4-10)14-15-17(20-7-19-14)22(8-21-15)13-5-11(23)12(29-13)6-28-30(25,26)27/h1-4,7-8,11-13,23H,5-6H2,(H2,18,24)(H2,25,26,27)/t11-,12+,13+/m0/s1. The zero-order valence-electron chi connectivity index (χ0n) is 15.4. The molecular weight excluding hydrogens is 417 g/mol. The number of aliphatic hydroxyl groups is 1. The van der Waals surface area contributed by atoms with Gasteiger partial charge in [-0.15, -0.1) is 0 Å². The molecule has 1 aliphatic heterocycles. The Morgan fingerprint density at radius 3 is 2.87 bits per heavy atom. The predicted molar refractivity (Wildman–Crippen MR) is 102 cm³/mol. The van der Waals surface area contributed by atoms with Crippen molar-refractivity contribution in [2.24, 2.45) is 5.73 Å². The van der Waals surface area contributed by atoms with E-state index in [-0.39, 0.29) is 6.42 Å². The maximum atomic E-state index is 11.5. The van der Waals surface area contributed by atoms with Gasteiger partial charge < -0.3 is 25.4 Å². The van der Waals surface area contributed by atoms with E-state index in [4.69, 9.17) is 20.3 Å². The zero-order valence-corrected chi connectivity index (χ0v) is 16.3. The van der Waals surface area contributed by atoms with Crippen LogP contribution in [-0.2, 0) is 13.8 Å². The van der Waals surface area contributed by atoms with Gasteiger partial charge >= 0.3 is 7.82 Å². The van der Waals surface area contributed by atoms with Crippen molar-refractivity contribution < 1.29 is 33.5 Å². The van der Waals surface area contributed by atoms with E-state index in [0.29, 0.717) is 28.0 Å². The third-order valence-corrected chi connectivity index (χ3v) is 5.19. The van der Waals surface area contributed by atoms with Gasteiger partial charge in [0.25, 0.3) is 0 Å². The Kier molecular flexibility index (Phi) is 5.36. The molecule has 4 rings (SSSR count). The first kappa shape index (κ1) is 20.5. The number of rotatable bonds is 6. The van der Waals surface area contributed by atoms with Crippen molar-refractivity contribution in [2.45, 2.75) is 24.9 Å². The molecule has 1 amide bonds. The number of aliphatic hydroxyl groups excluding tert-OH is 1. The fourth-order valence-corrected chi connectivity index (χ4v) is 3.64. The first-order valence-electron chi connectivity index (χ1n) is 8.84. The number of carbonyl (C=O) groups excluding carboxylic acids is 1. The second kappa shape index (κ2) is 7.84. The maximum absolute atomic E-state index is 11.5. The number of carbonyl (C=O) groups is 1. The summed E-state index contributed by atoms with van der Waals surface area (Å²) in [5.74, 6) is -0.565. The smallest absolute Gasteiger partial charge is 0.390 e. The molecule has 0 aliphatic carbocycles. The number of nitrogens with two attached hydrogens (primary N) is 1. The Morgan fingerprint density at radius 1 is 1.33 bits per heavy atom. The van der Waals surface area contributed by atoms with Crippen LogP contribution in [0.2, 0.25) is 0 Å². The molecule has 0 bridgehead atoms. The van der Waals surface area contributed by atoms with Gasteiger partial charge in [0.15, 0.2) is 5.65 Å². The molecule has 3 aromatic rings. The molecule has 1 aromatic carbocycles. The predicted octanol–water partition coefficient (Wildman–Crippen LogP) is 0.350. The molecule has 3 heterocycles. The topological polar surface area (TPSA) is 183 Å². The van der Waals surface area contributed by atoms with Crippen molar-refractivity contribution in [3.63, 3.8) is 0 Å². The summed E-state index contributed by atoms with van der Waals surface area (Å²) >= 11 is 0. The number of benzene rings is 1. The van der Waals surface area contributed by atoms with Crippen molar-refractivity contribution in [1.82, 2.24) is 19.5 Å². The number of hydrogen-bond acceptors (Lipinski definition) is 8. The van der Waals surface area contributed by atoms with Crippen LogP contribution in [0.4, 0.5) is 0 Å². The number of amides is 1. The minimum absolute atomic E-state index is 0.150. The Hall–Kier alpha value is -2.73. The molecule has 3 atom stereocenters. The normalized spacial score (nSPS) is 21.9. The van der Waals surface area contributed by atoms with Gasteiger partial charge in [0, 0.05) is 17.5 Å². The molecule has 0 saturated carbocycles. The molecule has 0 radical (unpaired) electrons. The van der Waals surface area contributed by atoms with Crippen molar-refractivity contribution in [2.75, 3.05) is 6.61 Å². The zero-order chi connectivity index (χ0) is 21.5. The quantitative estimate of drug-likeness (QED) is 0.394. The van der Waals surface area contributed by atoms with Gasteiger partial charge in [0.2, 0.25) is 5.91 Å². The number of nitrogens with zero attached hydrogens (tertiary/aromatic N) is 4. The van der Waals surface area contributed by atoms with Crippen LogP contribution in [0.1, 0.15) is 23.0 Å². The number of ether oxygens (including phenoxy) is 1. The lowest BCUT2D eigenvalue weighted by Gasteiger charge is -2.16. The van der Waals surface area contributed by atoms with E-state index in [9.17, 15) is 14.5 Å². The van der Waals surface area contributed by atoms with E-state index >= 15 is 0 Å². The van der Waals surface area contributed by atoms with E-state index in [1.807, 2.05) is 0 Å². The summed E-state index contributed by atoms with van der Waals surface area (Å²) in [5.41, 5.74) is 7.67. The van der Waals surface area contributed by atoms with Gasteiger partial charge in [-0.3, -0.25) is 13.9 Å². The first-order valence-corrected chi connectivity index (χ1v) is 10.4. The minimum Gasteiger partial charge on any atom is -0.390 e. The van der Waals surface area contributed by atoms with Crippen molar-refractivity contribution in [3.8, 4) is 11.3 Å². The lowest BCUT2D eigenvalue weighted by Crippen LogP contribution is -2.25. The number of primary amides is 1. The summed E-state index contributed by atoms with van der Waals surface area (Å²) in [5, 5.41) is 10.2. The molecule has 1 saturated heterocycles. The van der Waals surface area contributed by atoms with Crippen LogP contribution in [0, 0.1) is 0 Å². The number of imidazole rings is 1. The fourth-order valence-electron chi connectivity index (χ4n) is 3.30. The Labute approximate surface area is 169 Å². The largest absolute Gasteiger partial charge is 0.469 e. The van der Waals surface area contributed by atoms with E-state index in [1.165, 1.54) is 12.7 Å². The Bertz CT molecular complexity index is 1150. The van der Waals surface area contributed by atoms with E-state index < -0.39 is 38.8 Å². The van der Waals surface area contributed by atoms with Crippen molar-refractivity contribution in [1.29, 1.82) is 0 Å². The molecule has 1 aliphatic rings. The van der Waals surface area contributed by atoms with Crippen LogP contribution in [0.3, 0.4) is 0 Å². The summed E-state index contributed by atoms with van der Waals surface area (Å²) in [4.78, 5) is 42.0. The Morgan fingerprint density at radius 2 is 2.13 bits per heavy atom. The van der Waals surface area contributed by atoms with Crippen molar-refractivity contribution >= 4 is 24.9 Å². The third-order valence-electron chi connectivity index (χ3n) is 4.70. The summed E-state index contributed by atoms with van der Waals surface area (Å²) in [7, 11) is -4.68. The second-order valence-electron chi connectivity index (χ2n) is 6.71. The van der Waals surface area contributed by atoms with E-state index in [1.54, 1.807) is 28.8 Å². The van der Waals surface area contributed by atoms with Crippen LogP contribution in [0.25, 0.3) is 22.4 Å². The van der Waals surface area contributed by atoms with E-state index in [0.717, 1.165) is 0 Å². The van der Waals surface area contributed by atoms with Gasteiger partial charge in [0.05, 0.1) is 19.0 Å². The first-order chi connectivity index (χ1) is 14.2. The van der Waals surface area contributed by atoms with Crippen molar-refractivity contribution in [3.05, 3.63) is 42.5 Å². The van der Waals surface area contributed by atoms with Crippen LogP contribution < -0.4 is 5.73 Å². The molecule has 2 aromatic heterocycles.